The Labute approximate surface area is 238 Å². The summed E-state index contributed by atoms with van der Waals surface area (Å²) in [6.07, 6.45) is 10.8. The third-order valence-corrected chi connectivity index (χ3v) is 7.68. The van der Waals surface area contributed by atoms with E-state index in [-0.39, 0.29) is 37.5 Å². The quantitative estimate of drug-likeness (QED) is 0.344. The first-order valence-corrected chi connectivity index (χ1v) is 14.4. The SMILES string of the molecule is C#CCN1CC(=O)N2C(Cc3ccc(C)cc3)C(=O)N(CCCCCCC)C[C@@H]2N1C(=O)NCc1ccccc1. The number of carbonyl (C=O) groups is 3. The van der Waals surface area contributed by atoms with E-state index in [0.29, 0.717) is 19.5 Å². The number of unbranched alkanes of at least 4 members (excludes halogenated alkanes) is 4. The van der Waals surface area contributed by atoms with Gasteiger partial charge in [0.2, 0.25) is 11.8 Å². The number of benzene rings is 2. The highest BCUT2D eigenvalue weighted by Gasteiger charge is 2.51. The minimum absolute atomic E-state index is 0.0595. The molecule has 0 saturated carbocycles. The Morgan fingerprint density at radius 2 is 1.73 bits per heavy atom. The Balaban J connectivity index is 1.62. The van der Waals surface area contributed by atoms with Crippen LogP contribution >= 0.6 is 0 Å². The summed E-state index contributed by atoms with van der Waals surface area (Å²) in [6, 6.07) is 16.7. The van der Waals surface area contributed by atoms with E-state index in [1.165, 1.54) is 6.42 Å². The van der Waals surface area contributed by atoms with Gasteiger partial charge in [0.05, 0.1) is 19.6 Å². The second-order valence-corrected chi connectivity index (χ2v) is 10.7. The molecule has 1 N–H and O–H groups in total. The molecule has 2 aromatic carbocycles. The standard InChI is InChI=1S/C32H41N5O3/c1-4-6-7-8-12-20-34-23-29-36(28(31(34)39)21-26-17-15-25(3)16-18-26)30(38)24-35(19-5-2)37(29)32(40)33-22-27-13-10-9-11-14-27/h2,9-11,13-18,28-29H,4,6-8,12,19-24H2,1,3H3,(H,33,40)/t28?,29-/m0/s1. The number of rotatable bonds is 11. The number of piperazine rings is 1. The molecule has 0 spiro atoms. The molecule has 0 radical (unpaired) electrons. The first-order valence-electron chi connectivity index (χ1n) is 14.4. The zero-order valence-corrected chi connectivity index (χ0v) is 23.7. The van der Waals surface area contributed by atoms with E-state index in [0.717, 1.165) is 42.4 Å². The van der Waals surface area contributed by atoms with E-state index in [2.05, 4.69) is 18.2 Å². The van der Waals surface area contributed by atoms with E-state index in [1.807, 2.05) is 66.4 Å². The van der Waals surface area contributed by atoms with Gasteiger partial charge in [0.1, 0.15) is 12.2 Å². The van der Waals surface area contributed by atoms with Gasteiger partial charge in [-0.15, -0.1) is 6.42 Å². The van der Waals surface area contributed by atoms with Crippen molar-refractivity contribution in [1.82, 2.24) is 25.1 Å². The van der Waals surface area contributed by atoms with Crippen molar-refractivity contribution in [2.45, 2.75) is 71.1 Å². The number of hydrogen-bond acceptors (Lipinski definition) is 4. The van der Waals surface area contributed by atoms with Gasteiger partial charge >= 0.3 is 6.03 Å². The second-order valence-electron chi connectivity index (χ2n) is 10.7. The van der Waals surface area contributed by atoms with Crippen LogP contribution in [0, 0.1) is 19.3 Å². The Bertz CT molecular complexity index is 1190. The van der Waals surface area contributed by atoms with Crippen molar-refractivity contribution < 1.29 is 14.4 Å². The van der Waals surface area contributed by atoms with Crippen molar-refractivity contribution in [1.29, 1.82) is 0 Å². The van der Waals surface area contributed by atoms with Crippen LogP contribution in [0.2, 0.25) is 0 Å². The highest BCUT2D eigenvalue weighted by Crippen LogP contribution is 2.28. The van der Waals surface area contributed by atoms with Crippen LogP contribution in [0.15, 0.2) is 54.6 Å². The lowest BCUT2D eigenvalue weighted by Crippen LogP contribution is -2.76. The number of amides is 4. The molecule has 4 amide bonds. The molecular formula is C32H41N5O3. The topological polar surface area (TPSA) is 76.2 Å². The molecule has 2 aromatic rings. The maximum absolute atomic E-state index is 13.9. The molecule has 0 aliphatic carbocycles. The van der Waals surface area contributed by atoms with Crippen LogP contribution in [0.25, 0.3) is 0 Å². The molecule has 40 heavy (non-hydrogen) atoms. The molecule has 2 heterocycles. The number of urea groups is 1. The lowest BCUT2D eigenvalue weighted by atomic mass is 9.98. The molecule has 2 fully saturated rings. The highest BCUT2D eigenvalue weighted by molar-refractivity contribution is 5.91. The van der Waals surface area contributed by atoms with Gasteiger partial charge in [-0.25, -0.2) is 9.80 Å². The molecule has 2 saturated heterocycles. The zero-order valence-electron chi connectivity index (χ0n) is 23.7. The van der Waals surface area contributed by atoms with Crippen LogP contribution in [0.5, 0.6) is 0 Å². The molecule has 2 atom stereocenters. The van der Waals surface area contributed by atoms with Crippen LogP contribution in [0.4, 0.5) is 4.79 Å². The Kier molecular flexibility index (Phi) is 10.2. The number of terminal acetylenes is 1. The highest BCUT2D eigenvalue weighted by atomic mass is 16.2. The monoisotopic (exact) mass is 543 g/mol. The van der Waals surface area contributed by atoms with Crippen molar-refractivity contribution in [2.75, 3.05) is 26.2 Å². The largest absolute Gasteiger partial charge is 0.337 e. The van der Waals surface area contributed by atoms with E-state index >= 15 is 0 Å². The molecule has 8 nitrogen and oxygen atoms in total. The summed E-state index contributed by atoms with van der Waals surface area (Å²) in [6.45, 7) is 5.44. The normalized spacial score (nSPS) is 19.4. The fraction of sp³-hybridized carbons (Fsp3) is 0.469. The summed E-state index contributed by atoms with van der Waals surface area (Å²) >= 11 is 0. The van der Waals surface area contributed by atoms with Crippen LogP contribution in [0.1, 0.15) is 55.7 Å². The Morgan fingerprint density at radius 1 is 1.00 bits per heavy atom. The summed E-state index contributed by atoms with van der Waals surface area (Å²) in [5.41, 5.74) is 3.08. The van der Waals surface area contributed by atoms with Crippen molar-refractivity contribution in [3.63, 3.8) is 0 Å². The second kappa shape index (κ2) is 14.0. The average Bonchev–Trinajstić information content (AvgIpc) is 2.95. The zero-order chi connectivity index (χ0) is 28.5. The summed E-state index contributed by atoms with van der Waals surface area (Å²) in [7, 11) is 0. The van der Waals surface area contributed by atoms with Gasteiger partial charge in [-0.3, -0.25) is 9.59 Å². The molecule has 8 heteroatoms. The van der Waals surface area contributed by atoms with E-state index in [1.54, 1.807) is 14.9 Å². The van der Waals surface area contributed by atoms with Crippen LogP contribution in [0.3, 0.4) is 0 Å². The fourth-order valence-corrected chi connectivity index (χ4v) is 5.55. The lowest BCUT2D eigenvalue weighted by Gasteiger charge is -2.55. The minimum Gasteiger partial charge on any atom is -0.337 e. The number of aryl methyl sites for hydroxylation is 1. The Hall–Kier alpha value is -3.83. The van der Waals surface area contributed by atoms with Crippen LogP contribution in [-0.4, -0.2) is 76.0 Å². The van der Waals surface area contributed by atoms with E-state index in [4.69, 9.17) is 6.42 Å². The Morgan fingerprint density at radius 3 is 2.42 bits per heavy atom. The molecular weight excluding hydrogens is 502 g/mol. The lowest BCUT2D eigenvalue weighted by molar-refractivity contribution is -0.188. The van der Waals surface area contributed by atoms with Gasteiger partial charge in [0, 0.05) is 19.5 Å². The molecule has 0 aromatic heterocycles. The number of nitrogens with zero attached hydrogens (tertiary/aromatic N) is 4. The molecule has 0 bridgehead atoms. The predicted molar refractivity (Wildman–Crippen MR) is 156 cm³/mol. The van der Waals surface area contributed by atoms with Gasteiger partial charge in [0.15, 0.2) is 0 Å². The first-order chi connectivity index (χ1) is 19.4. The van der Waals surface area contributed by atoms with Gasteiger partial charge in [-0.05, 0) is 24.5 Å². The number of hydrogen-bond donors (Lipinski definition) is 1. The summed E-state index contributed by atoms with van der Waals surface area (Å²) in [5.74, 6) is 2.34. The van der Waals surface area contributed by atoms with Crippen molar-refractivity contribution >= 4 is 17.8 Å². The third-order valence-electron chi connectivity index (χ3n) is 7.68. The fourth-order valence-electron chi connectivity index (χ4n) is 5.55. The molecule has 4 rings (SSSR count). The van der Waals surface area contributed by atoms with E-state index in [9.17, 15) is 14.4 Å². The van der Waals surface area contributed by atoms with Crippen molar-refractivity contribution in [3.8, 4) is 12.3 Å². The smallest absolute Gasteiger partial charge is 0.334 e. The number of nitrogens with one attached hydrogen (secondary N) is 1. The number of hydrazine groups is 1. The summed E-state index contributed by atoms with van der Waals surface area (Å²) < 4.78 is 0. The molecule has 212 valence electrons. The first kappa shape index (κ1) is 29.2. The van der Waals surface area contributed by atoms with Gasteiger partial charge in [-0.1, -0.05) is 98.7 Å². The molecule has 2 aliphatic rings. The van der Waals surface area contributed by atoms with Gasteiger partial charge in [0.25, 0.3) is 0 Å². The molecule has 1 unspecified atom stereocenters. The van der Waals surface area contributed by atoms with Gasteiger partial charge < -0.3 is 15.1 Å². The number of fused-ring (bicyclic) bond motifs is 1. The maximum atomic E-state index is 13.9. The van der Waals surface area contributed by atoms with Crippen LogP contribution in [-0.2, 0) is 22.6 Å². The number of carbonyl (C=O) groups excluding carboxylic acids is 3. The third kappa shape index (κ3) is 7.02. The summed E-state index contributed by atoms with van der Waals surface area (Å²) in [4.78, 5) is 44.6. The maximum Gasteiger partial charge on any atom is 0.334 e. The van der Waals surface area contributed by atoms with Gasteiger partial charge in [-0.2, -0.15) is 5.01 Å². The molecule has 2 aliphatic heterocycles. The minimum atomic E-state index is -0.693. The van der Waals surface area contributed by atoms with Crippen molar-refractivity contribution in [2.24, 2.45) is 0 Å². The van der Waals surface area contributed by atoms with E-state index < -0.39 is 12.2 Å². The predicted octanol–water partition coefficient (Wildman–Crippen LogP) is 3.95. The van der Waals surface area contributed by atoms with Crippen molar-refractivity contribution in [3.05, 3.63) is 71.3 Å². The summed E-state index contributed by atoms with van der Waals surface area (Å²) in [5, 5.41) is 6.20. The van der Waals surface area contributed by atoms with Crippen LogP contribution < -0.4 is 5.32 Å². The average molecular weight is 544 g/mol.